The van der Waals surface area contributed by atoms with Crippen LogP contribution in [0.1, 0.15) is 43.7 Å². The normalized spacial score (nSPS) is 25.8. The second-order valence-electron chi connectivity index (χ2n) is 9.53. The molecule has 2 heterocycles. The number of phenols is 1. The van der Waals surface area contributed by atoms with Crippen LogP contribution in [0.25, 0.3) is 11.3 Å². The molecule has 1 amide bonds. The molecule has 4 N–H and O–H groups in total. The van der Waals surface area contributed by atoms with Crippen molar-refractivity contribution >= 4 is 11.9 Å². The quantitative estimate of drug-likeness (QED) is 0.536. The standard InChI is InChI=1S/C23H32N6O3/c1-14-7-15(2)21(19(30)8-14)18-11-24-22(28-27-18)26-16-5-4-6-29(12-16)13-20(31)25-17-9-23(3,32)10-17/h7-8,11,16-17,30,32H,4-6,9-10,12-13H2,1-3H3,(H,25,31)(H,24,26,28)/t16-,17-,23+/m1/s1. The van der Waals surface area contributed by atoms with E-state index in [0.717, 1.165) is 37.1 Å². The molecule has 9 heteroatoms. The Morgan fingerprint density at radius 2 is 2.03 bits per heavy atom. The van der Waals surface area contributed by atoms with E-state index in [9.17, 15) is 15.0 Å². The van der Waals surface area contributed by atoms with Crippen molar-refractivity contribution in [1.29, 1.82) is 0 Å². The average molecular weight is 441 g/mol. The number of carbonyl (C=O) groups excluding carboxylic acids is 1. The molecule has 32 heavy (non-hydrogen) atoms. The van der Waals surface area contributed by atoms with Gasteiger partial charge in [0.1, 0.15) is 11.4 Å². The maximum Gasteiger partial charge on any atom is 0.242 e. The average Bonchev–Trinajstić information content (AvgIpc) is 2.67. The largest absolute Gasteiger partial charge is 0.507 e. The van der Waals surface area contributed by atoms with Crippen molar-refractivity contribution < 1.29 is 15.0 Å². The predicted molar refractivity (Wildman–Crippen MR) is 121 cm³/mol. The van der Waals surface area contributed by atoms with Crippen LogP contribution in [0, 0.1) is 13.8 Å². The number of anilines is 1. The van der Waals surface area contributed by atoms with Gasteiger partial charge in [-0.15, -0.1) is 10.2 Å². The van der Waals surface area contributed by atoms with Crippen molar-refractivity contribution in [2.75, 3.05) is 25.0 Å². The minimum atomic E-state index is -0.640. The van der Waals surface area contributed by atoms with Crippen molar-refractivity contribution in [3.63, 3.8) is 0 Å². The van der Waals surface area contributed by atoms with Crippen LogP contribution in [0.2, 0.25) is 0 Å². The Bertz CT molecular complexity index is 947. The Balaban J connectivity index is 1.31. The van der Waals surface area contributed by atoms with E-state index in [4.69, 9.17) is 0 Å². The number of nitrogens with zero attached hydrogens (tertiary/aromatic N) is 4. The third-order valence-electron chi connectivity index (χ3n) is 6.22. The molecule has 2 fully saturated rings. The van der Waals surface area contributed by atoms with Crippen LogP contribution in [0.4, 0.5) is 5.95 Å². The molecule has 4 rings (SSSR count). The molecular formula is C23H32N6O3. The molecule has 1 aromatic carbocycles. The molecule has 0 bridgehead atoms. The van der Waals surface area contributed by atoms with Crippen LogP contribution in [-0.4, -0.2) is 73.5 Å². The monoisotopic (exact) mass is 440 g/mol. The molecule has 9 nitrogen and oxygen atoms in total. The van der Waals surface area contributed by atoms with Gasteiger partial charge in [-0.25, -0.2) is 4.98 Å². The summed E-state index contributed by atoms with van der Waals surface area (Å²) in [6, 6.07) is 3.90. The van der Waals surface area contributed by atoms with Crippen LogP contribution in [0.3, 0.4) is 0 Å². The van der Waals surface area contributed by atoms with E-state index in [2.05, 4.69) is 30.7 Å². The first-order valence-corrected chi connectivity index (χ1v) is 11.2. The van der Waals surface area contributed by atoms with Crippen LogP contribution < -0.4 is 10.6 Å². The van der Waals surface area contributed by atoms with Gasteiger partial charge >= 0.3 is 0 Å². The maximum absolute atomic E-state index is 12.3. The third-order valence-corrected chi connectivity index (χ3v) is 6.22. The molecule has 1 saturated heterocycles. The number of likely N-dealkylation sites (tertiary alicyclic amines) is 1. The summed E-state index contributed by atoms with van der Waals surface area (Å²) in [4.78, 5) is 18.9. The van der Waals surface area contributed by atoms with Gasteiger partial charge in [-0.2, -0.15) is 0 Å². The molecule has 1 aliphatic heterocycles. The molecular weight excluding hydrogens is 408 g/mol. The van der Waals surface area contributed by atoms with Gasteiger partial charge in [-0.05, 0) is 70.2 Å². The van der Waals surface area contributed by atoms with Gasteiger partial charge < -0.3 is 20.8 Å². The summed E-state index contributed by atoms with van der Waals surface area (Å²) in [5.41, 5.74) is 2.44. The van der Waals surface area contributed by atoms with Crippen LogP contribution in [0.5, 0.6) is 5.75 Å². The van der Waals surface area contributed by atoms with Gasteiger partial charge in [0.2, 0.25) is 11.9 Å². The number of nitrogens with one attached hydrogen (secondary N) is 2. The summed E-state index contributed by atoms with van der Waals surface area (Å²) < 4.78 is 0. The number of piperidine rings is 1. The lowest BCUT2D eigenvalue weighted by atomic mass is 9.77. The first kappa shape index (κ1) is 22.4. The zero-order chi connectivity index (χ0) is 22.9. The maximum atomic E-state index is 12.3. The molecule has 2 aliphatic rings. The number of hydrogen-bond donors (Lipinski definition) is 4. The highest BCUT2D eigenvalue weighted by Crippen LogP contribution is 2.32. The SMILES string of the molecule is Cc1cc(C)c(-c2cnc(N[C@@H]3CCCN(CC(=O)N[C@H]4C[C@@](C)(O)C4)C3)nn2)c(O)c1. The fraction of sp³-hybridized carbons (Fsp3) is 0.565. The van der Waals surface area contributed by atoms with Gasteiger partial charge in [0.25, 0.3) is 0 Å². The zero-order valence-corrected chi connectivity index (χ0v) is 18.9. The van der Waals surface area contributed by atoms with Crippen molar-refractivity contribution in [1.82, 2.24) is 25.4 Å². The van der Waals surface area contributed by atoms with Crippen molar-refractivity contribution in [3.8, 4) is 17.0 Å². The first-order valence-electron chi connectivity index (χ1n) is 11.2. The summed E-state index contributed by atoms with van der Waals surface area (Å²) in [5, 5.41) is 34.9. The highest BCUT2D eigenvalue weighted by atomic mass is 16.3. The van der Waals surface area contributed by atoms with Gasteiger partial charge in [0.05, 0.1) is 18.3 Å². The number of hydrogen-bond acceptors (Lipinski definition) is 8. The highest BCUT2D eigenvalue weighted by molar-refractivity contribution is 5.78. The van der Waals surface area contributed by atoms with Gasteiger partial charge in [-0.3, -0.25) is 9.69 Å². The fourth-order valence-electron chi connectivity index (χ4n) is 4.81. The van der Waals surface area contributed by atoms with Crippen molar-refractivity contribution in [2.24, 2.45) is 0 Å². The number of benzene rings is 1. The van der Waals surface area contributed by atoms with E-state index in [0.29, 0.717) is 36.6 Å². The molecule has 0 spiro atoms. The minimum absolute atomic E-state index is 0.00157. The molecule has 1 atom stereocenters. The minimum Gasteiger partial charge on any atom is -0.507 e. The zero-order valence-electron chi connectivity index (χ0n) is 18.9. The topological polar surface area (TPSA) is 124 Å². The Morgan fingerprint density at radius 3 is 2.69 bits per heavy atom. The number of aliphatic hydroxyl groups is 1. The molecule has 1 saturated carbocycles. The van der Waals surface area contributed by atoms with E-state index < -0.39 is 5.60 Å². The van der Waals surface area contributed by atoms with Crippen LogP contribution in [-0.2, 0) is 4.79 Å². The Morgan fingerprint density at radius 1 is 1.25 bits per heavy atom. The summed E-state index contributed by atoms with van der Waals surface area (Å²) in [5.74, 6) is 0.610. The van der Waals surface area contributed by atoms with E-state index in [-0.39, 0.29) is 23.7 Å². The number of aromatic nitrogens is 3. The molecule has 1 aromatic heterocycles. The number of aromatic hydroxyl groups is 1. The van der Waals surface area contributed by atoms with E-state index >= 15 is 0 Å². The first-order chi connectivity index (χ1) is 15.2. The van der Waals surface area contributed by atoms with Gasteiger partial charge in [-0.1, -0.05) is 6.07 Å². The smallest absolute Gasteiger partial charge is 0.242 e. The third kappa shape index (κ3) is 5.34. The lowest BCUT2D eigenvalue weighted by molar-refractivity contribution is -0.126. The van der Waals surface area contributed by atoms with Gasteiger partial charge in [0, 0.05) is 24.2 Å². The molecule has 172 valence electrons. The summed E-state index contributed by atoms with van der Waals surface area (Å²) in [6.07, 6.45) is 4.79. The number of rotatable bonds is 6. The summed E-state index contributed by atoms with van der Waals surface area (Å²) in [7, 11) is 0. The lowest BCUT2D eigenvalue weighted by Crippen LogP contribution is -2.55. The molecule has 1 aliphatic carbocycles. The predicted octanol–water partition coefficient (Wildman–Crippen LogP) is 1.77. The van der Waals surface area contributed by atoms with E-state index in [1.54, 1.807) is 19.2 Å². The number of phenolic OH excluding ortho intramolecular Hbond substituents is 1. The number of amides is 1. The van der Waals surface area contributed by atoms with Crippen molar-refractivity contribution in [3.05, 3.63) is 29.5 Å². The lowest BCUT2D eigenvalue weighted by Gasteiger charge is -2.41. The number of carbonyl (C=O) groups is 1. The van der Waals surface area contributed by atoms with Crippen LogP contribution >= 0.6 is 0 Å². The molecule has 2 aromatic rings. The Kier molecular flexibility index (Phi) is 6.30. The summed E-state index contributed by atoms with van der Waals surface area (Å²) in [6.45, 7) is 7.60. The summed E-state index contributed by atoms with van der Waals surface area (Å²) >= 11 is 0. The van der Waals surface area contributed by atoms with E-state index in [1.807, 2.05) is 19.9 Å². The number of aryl methyl sites for hydroxylation is 2. The molecule has 0 unspecified atom stereocenters. The Labute approximate surface area is 188 Å². The van der Waals surface area contributed by atoms with Crippen LogP contribution in [0.15, 0.2) is 18.3 Å². The Hall–Kier alpha value is -2.78. The second-order valence-corrected chi connectivity index (χ2v) is 9.53. The van der Waals surface area contributed by atoms with Gasteiger partial charge in [0.15, 0.2) is 0 Å². The van der Waals surface area contributed by atoms with E-state index in [1.165, 1.54) is 0 Å². The second kappa shape index (κ2) is 8.99. The highest BCUT2D eigenvalue weighted by Gasteiger charge is 2.39. The van der Waals surface area contributed by atoms with Crippen molar-refractivity contribution in [2.45, 2.75) is 64.1 Å². The fourth-order valence-corrected chi connectivity index (χ4v) is 4.81. The molecule has 0 radical (unpaired) electrons.